The number of halogens is 1. The third-order valence-electron chi connectivity index (χ3n) is 6.35. The first-order valence-electron chi connectivity index (χ1n) is 11.8. The molecule has 0 saturated heterocycles. The summed E-state index contributed by atoms with van der Waals surface area (Å²) in [7, 11) is -3.98. The maximum absolute atomic E-state index is 13.7. The molecule has 37 heavy (non-hydrogen) atoms. The molecule has 6 nitrogen and oxygen atoms in total. The molecule has 1 aliphatic rings. The third kappa shape index (κ3) is 5.05. The first-order valence-corrected chi connectivity index (χ1v) is 13.6. The summed E-state index contributed by atoms with van der Waals surface area (Å²) < 4.78 is 34.5. The van der Waals surface area contributed by atoms with Crippen molar-refractivity contribution in [3.8, 4) is 5.75 Å². The number of carbonyl (C=O) groups is 1. The quantitative estimate of drug-likeness (QED) is 0.355. The number of anilines is 1. The molecule has 0 aromatic heterocycles. The highest BCUT2D eigenvalue weighted by molar-refractivity contribution is 7.92. The molecule has 8 heteroatoms. The molecule has 0 radical (unpaired) electrons. The van der Waals surface area contributed by atoms with E-state index >= 15 is 0 Å². The number of ether oxygens (including phenoxy) is 1. The molecule has 0 saturated carbocycles. The fraction of sp³-hybridized carbons (Fsp3) is 0.138. The van der Waals surface area contributed by atoms with Crippen molar-refractivity contribution in [3.63, 3.8) is 0 Å². The monoisotopic (exact) mass is 532 g/mol. The molecule has 1 heterocycles. The Balaban J connectivity index is 1.49. The average molecular weight is 533 g/mol. The molecule has 1 N–H and O–H groups in total. The van der Waals surface area contributed by atoms with Crippen LogP contribution < -0.4 is 14.4 Å². The van der Waals surface area contributed by atoms with Crippen LogP contribution in [-0.4, -0.2) is 27.0 Å². The van der Waals surface area contributed by atoms with Crippen molar-refractivity contribution in [1.29, 1.82) is 0 Å². The number of nitrogens with zero attached hydrogens (tertiary/aromatic N) is 1. The van der Waals surface area contributed by atoms with Crippen molar-refractivity contribution in [1.82, 2.24) is 5.32 Å². The lowest BCUT2D eigenvalue weighted by atomic mass is 9.94. The van der Waals surface area contributed by atoms with Crippen LogP contribution in [0.25, 0.3) is 0 Å². The summed E-state index contributed by atoms with van der Waals surface area (Å²) in [5.41, 5.74) is 3.26. The molecule has 0 spiro atoms. The van der Waals surface area contributed by atoms with Crippen molar-refractivity contribution >= 4 is 33.2 Å². The van der Waals surface area contributed by atoms with Crippen LogP contribution >= 0.6 is 11.6 Å². The van der Waals surface area contributed by atoms with E-state index in [1.807, 2.05) is 61.5 Å². The first-order chi connectivity index (χ1) is 17.8. The molecule has 2 atom stereocenters. The number of para-hydroxylation sites is 2. The van der Waals surface area contributed by atoms with Gasteiger partial charge in [0, 0.05) is 5.02 Å². The van der Waals surface area contributed by atoms with Gasteiger partial charge in [0.15, 0.2) is 6.10 Å². The van der Waals surface area contributed by atoms with Crippen LogP contribution in [0.2, 0.25) is 5.02 Å². The van der Waals surface area contributed by atoms with Crippen LogP contribution in [-0.2, 0) is 14.8 Å². The Bertz CT molecular complexity index is 1530. The molecule has 1 amide bonds. The van der Waals surface area contributed by atoms with E-state index < -0.39 is 28.1 Å². The number of hydrogen-bond acceptors (Lipinski definition) is 4. The van der Waals surface area contributed by atoms with Crippen LogP contribution in [0.15, 0.2) is 108 Å². The van der Waals surface area contributed by atoms with Crippen molar-refractivity contribution in [2.45, 2.75) is 24.0 Å². The molecular weight excluding hydrogens is 508 g/mol. The SMILES string of the molecule is Cc1ccccc1[C@@H](NC(=O)[C@H]1CN(S(=O)(=O)c2ccc(Cl)cc2)c2ccccc2O1)c1ccccc1. The number of benzene rings is 4. The molecule has 0 bridgehead atoms. The topological polar surface area (TPSA) is 75.7 Å². The highest BCUT2D eigenvalue weighted by Gasteiger charge is 2.38. The molecule has 4 aromatic carbocycles. The van der Waals surface area contributed by atoms with E-state index in [2.05, 4.69) is 5.32 Å². The Hall–Kier alpha value is -3.81. The Morgan fingerprint density at radius 1 is 0.919 bits per heavy atom. The smallest absolute Gasteiger partial charge is 0.264 e. The van der Waals surface area contributed by atoms with Gasteiger partial charge in [0.2, 0.25) is 0 Å². The lowest BCUT2D eigenvalue weighted by molar-refractivity contribution is -0.128. The minimum absolute atomic E-state index is 0.0785. The summed E-state index contributed by atoms with van der Waals surface area (Å²) in [4.78, 5) is 13.7. The molecule has 1 aliphatic heterocycles. The van der Waals surface area contributed by atoms with Gasteiger partial charge in [0.1, 0.15) is 5.75 Å². The molecular formula is C29H25ClN2O4S. The Morgan fingerprint density at radius 2 is 1.57 bits per heavy atom. The third-order valence-corrected chi connectivity index (χ3v) is 8.39. The maximum Gasteiger partial charge on any atom is 0.264 e. The van der Waals surface area contributed by atoms with Crippen LogP contribution in [0.5, 0.6) is 5.75 Å². The van der Waals surface area contributed by atoms with Crippen molar-refractivity contribution in [3.05, 3.63) is 125 Å². The summed E-state index contributed by atoms with van der Waals surface area (Å²) in [5.74, 6) is -0.0958. The predicted molar refractivity (Wildman–Crippen MR) is 144 cm³/mol. The summed E-state index contributed by atoms with van der Waals surface area (Å²) in [6.07, 6.45) is -1.06. The lowest BCUT2D eigenvalue weighted by Gasteiger charge is -2.35. The number of amides is 1. The Morgan fingerprint density at radius 3 is 2.30 bits per heavy atom. The van der Waals surface area contributed by atoms with E-state index in [4.69, 9.17) is 16.3 Å². The van der Waals surface area contributed by atoms with Crippen molar-refractivity contribution in [2.75, 3.05) is 10.8 Å². The van der Waals surface area contributed by atoms with Gasteiger partial charge in [-0.1, -0.05) is 78.3 Å². The second-order valence-corrected chi connectivity index (χ2v) is 11.1. The molecule has 0 fully saturated rings. The summed E-state index contributed by atoms with van der Waals surface area (Å²) in [6, 6.07) is 29.8. The standard InChI is InChI=1S/C29H25ClN2O4S/c1-20-9-5-6-12-24(20)28(21-10-3-2-4-11-21)31-29(33)27-19-32(25-13-7-8-14-26(25)36-27)37(34,35)23-17-15-22(30)16-18-23/h2-18,27-28H,19H2,1H3,(H,31,33)/t27-,28+/m1/s1. The number of rotatable bonds is 6. The maximum atomic E-state index is 13.7. The zero-order valence-electron chi connectivity index (χ0n) is 20.0. The van der Waals surface area contributed by atoms with Gasteiger partial charge in [-0.2, -0.15) is 0 Å². The van der Waals surface area contributed by atoms with Crippen LogP contribution in [0.3, 0.4) is 0 Å². The number of nitrogens with one attached hydrogen (secondary N) is 1. The Labute approximate surface area is 221 Å². The summed E-state index contributed by atoms with van der Waals surface area (Å²) >= 11 is 5.97. The Kier molecular flexibility index (Phi) is 6.91. The number of aryl methyl sites for hydroxylation is 1. The molecule has 0 aliphatic carbocycles. The summed E-state index contributed by atoms with van der Waals surface area (Å²) in [6.45, 7) is 1.81. The average Bonchev–Trinajstić information content (AvgIpc) is 2.92. The van der Waals surface area contributed by atoms with Crippen molar-refractivity contribution < 1.29 is 17.9 Å². The van der Waals surface area contributed by atoms with Gasteiger partial charge in [-0.3, -0.25) is 9.10 Å². The second kappa shape index (κ2) is 10.3. The van der Waals surface area contributed by atoms with Gasteiger partial charge in [0.05, 0.1) is 23.2 Å². The number of carbonyl (C=O) groups excluding carboxylic acids is 1. The minimum atomic E-state index is -3.98. The molecule has 188 valence electrons. The van der Waals surface area contributed by atoms with E-state index in [0.29, 0.717) is 16.5 Å². The number of fused-ring (bicyclic) bond motifs is 1. The van der Waals surface area contributed by atoms with Gasteiger partial charge in [-0.15, -0.1) is 0 Å². The lowest BCUT2D eigenvalue weighted by Crippen LogP contribution is -2.51. The van der Waals surface area contributed by atoms with Gasteiger partial charge in [-0.05, 0) is 60.0 Å². The highest BCUT2D eigenvalue weighted by atomic mass is 35.5. The van der Waals surface area contributed by atoms with Crippen molar-refractivity contribution in [2.24, 2.45) is 0 Å². The first kappa shape index (κ1) is 24.9. The molecule has 4 aromatic rings. The van der Waals surface area contributed by atoms with E-state index in [9.17, 15) is 13.2 Å². The van der Waals surface area contributed by atoms with E-state index in [1.54, 1.807) is 24.3 Å². The largest absolute Gasteiger partial charge is 0.476 e. The fourth-order valence-corrected chi connectivity index (χ4v) is 6.03. The number of sulfonamides is 1. The predicted octanol–water partition coefficient (Wildman–Crippen LogP) is 5.51. The van der Waals surface area contributed by atoms with Crippen LogP contribution in [0, 0.1) is 6.92 Å². The zero-order chi connectivity index (χ0) is 26.0. The van der Waals surface area contributed by atoms with Gasteiger partial charge < -0.3 is 10.1 Å². The normalized spacial score (nSPS) is 15.8. The van der Waals surface area contributed by atoms with Gasteiger partial charge in [0.25, 0.3) is 15.9 Å². The van der Waals surface area contributed by atoms with E-state index in [-0.39, 0.29) is 11.4 Å². The fourth-order valence-electron chi connectivity index (χ4n) is 4.43. The van der Waals surface area contributed by atoms with Gasteiger partial charge in [-0.25, -0.2) is 8.42 Å². The highest BCUT2D eigenvalue weighted by Crippen LogP contribution is 2.37. The van der Waals surface area contributed by atoms with Crippen LogP contribution in [0.1, 0.15) is 22.7 Å². The van der Waals surface area contributed by atoms with E-state index in [0.717, 1.165) is 16.7 Å². The summed E-state index contributed by atoms with van der Waals surface area (Å²) in [5, 5.41) is 3.54. The molecule has 5 rings (SSSR count). The number of hydrogen-bond donors (Lipinski definition) is 1. The van der Waals surface area contributed by atoms with Crippen LogP contribution in [0.4, 0.5) is 5.69 Å². The second-order valence-electron chi connectivity index (χ2n) is 8.77. The molecule has 0 unspecified atom stereocenters. The van der Waals surface area contributed by atoms with Gasteiger partial charge >= 0.3 is 0 Å². The zero-order valence-corrected chi connectivity index (χ0v) is 21.6. The van der Waals surface area contributed by atoms with E-state index in [1.165, 1.54) is 28.6 Å². The minimum Gasteiger partial charge on any atom is -0.476 e.